The van der Waals surface area contributed by atoms with Crippen molar-refractivity contribution in [2.24, 2.45) is 0 Å². The molecule has 0 bridgehead atoms. The predicted octanol–water partition coefficient (Wildman–Crippen LogP) is 3.82. The van der Waals surface area contributed by atoms with Crippen molar-refractivity contribution in [3.63, 3.8) is 0 Å². The van der Waals surface area contributed by atoms with Crippen LogP contribution in [0.2, 0.25) is 0 Å². The maximum Gasteiger partial charge on any atom is 0.191 e. The summed E-state index contributed by atoms with van der Waals surface area (Å²) in [6, 6.07) is 9.59. The van der Waals surface area contributed by atoms with Gasteiger partial charge < -0.3 is 28.8 Å². The van der Waals surface area contributed by atoms with Crippen LogP contribution in [0.5, 0.6) is 17.2 Å². The van der Waals surface area contributed by atoms with E-state index in [0.717, 1.165) is 34.6 Å². The smallest absolute Gasteiger partial charge is 0.191 e. The van der Waals surface area contributed by atoms with Crippen molar-refractivity contribution in [3.05, 3.63) is 53.3 Å². The van der Waals surface area contributed by atoms with Gasteiger partial charge in [0.2, 0.25) is 0 Å². The fourth-order valence-electron chi connectivity index (χ4n) is 3.81. The van der Waals surface area contributed by atoms with E-state index in [1.54, 1.807) is 21.3 Å². The van der Waals surface area contributed by atoms with Crippen molar-refractivity contribution < 1.29 is 18.7 Å². The molecule has 4 aromatic rings. The van der Waals surface area contributed by atoms with E-state index in [-0.39, 0.29) is 0 Å². The van der Waals surface area contributed by atoms with Gasteiger partial charge in [0.05, 0.1) is 33.6 Å². The fourth-order valence-corrected chi connectivity index (χ4v) is 4.65. The first kappa shape index (κ1) is 20.5. The number of benzene rings is 2. The minimum Gasteiger partial charge on any atom is -0.496 e. The van der Waals surface area contributed by atoms with Crippen LogP contribution in [0.25, 0.3) is 11.0 Å². The second-order valence-electron chi connectivity index (χ2n) is 7.30. The van der Waals surface area contributed by atoms with Crippen LogP contribution in [0.3, 0.4) is 0 Å². The molecule has 166 valence electrons. The number of ether oxygens (including phenoxy) is 3. The number of hydrogen-bond donors (Lipinski definition) is 2. The third-order valence-electron chi connectivity index (χ3n) is 5.33. The summed E-state index contributed by atoms with van der Waals surface area (Å²) in [6.07, 6.45) is 2.08. The first-order chi connectivity index (χ1) is 15.7. The van der Waals surface area contributed by atoms with E-state index in [4.69, 9.17) is 18.7 Å². The number of nitrogens with one attached hydrogen (secondary N) is 2. The Kier molecular flexibility index (Phi) is 5.54. The summed E-state index contributed by atoms with van der Waals surface area (Å²) in [5.74, 6) is 2.64. The molecule has 3 heterocycles. The molecule has 5 rings (SSSR count). The summed E-state index contributed by atoms with van der Waals surface area (Å²) in [6.45, 7) is 2.30. The van der Waals surface area contributed by atoms with Crippen LogP contribution in [-0.2, 0) is 19.6 Å². The maximum absolute atomic E-state index is 5.67. The first-order valence-electron chi connectivity index (χ1n) is 10.1. The van der Waals surface area contributed by atoms with Crippen LogP contribution in [0, 0.1) is 0 Å². The fraction of sp³-hybridized carbons (Fsp3) is 0.273. The molecule has 0 saturated carbocycles. The molecule has 0 unspecified atom stereocenters. The topological polar surface area (TPSA) is 95.6 Å². The van der Waals surface area contributed by atoms with E-state index in [1.165, 1.54) is 17.5 Å². The largest absolute Gasteiger partial charge is 0.496 e. The SMILES string of the molecule is COc1cccc(OC)c1SNc1noc2cc(Cn3cc4c(n3)CNC4)cc(OC)c12. The van der Waals surface area contributed by atoms with Crippen molar-refractivity contribution in [1.82, 2.24) is 20.3 Å². The van der Waals surface area contributed by atoms with Crippen molar-refractivity contribution in [2.45, 2.75) is 24.5 Å². The number of fused-ring (bicyclic) bond motifs is 2. The molecule has 2 N–H and O–H groups in total. The molecule has 10 heteroatoms. The third-order valence-corrected chi connectivity index (χ3v) is 6.23. The number of hydrogen-bond acceptors (Lipinski definition) is 9. The lowest BCUT2D eigenvalue weighted by Gasteiger charge is -2.12. The Hall–Kier alpha value is -3.37. The van der Waals surface area contributed by atoms with Gasteiger partial charge in [-0.05, 0) is 41.8 Å². The van der Waals surface area contributed by atoms with Crippen molar-refractivity contribution in [2.75, 3.05) is 26.1 Å². The van der Waals surface area contributed by atoms with Crippen LogP contribution in [0.4, 0.5) is 5.82 Å². The normalized spacial score (nSPS) is 12.7. The number of anilines is 1. The van der Waals surface area contributed by atoms with Crippen LogP contribution in [-0.4, -0.2) is 36.3 Å². The Morgan fingerprint density at radius 2 is 1.88 bits per heavy atom. The van der Waals surface area contributed by atoms with Gasteiger partial charge in [0.15, 0.2) is 11.4 Å². The molecule has 1 aliphatic rings. The van der Waals surface area contributed by atoms with E-state index >= 15 is 0 Å². The predicted molar refractivity (Wildman–Crippen MR) is 121 cm³/mol. The Labute approximate surface area is 189 Å². The van der Waals surface area contributed by atoms with Gasteiger partial charge in [-0.1, -0.05) is 11.2 Å². The lowest BCUT2D eigenvalue weighted by molar-refractivity contribution is 0.376. The van der Waals surface area contributed by atoms with E-state index in [9.17, 15) is 0 Å². The van der Waals surface area contributed by atoms with E-state index < -0.39 is 0 Å². The zero-order valence-corrected chi connectivity index (χ0v) is 18.8. The summed E-state index contributed by atoms with van der Waals surface area (Å²) in [5.41, 5.74) is 4.00. The highest BCUT2D eigenvalue weighted by atomic mass is 32.2. The third kappa shape index (κ3) is 3.71. The van der Waals surface area contributed by atoms with Gasteiger partial charge in [0, 0.05) is 24.8 Å². The molecule has 0 aliphatic carbocycles. The highest BCUT2D eigenvalue weighted by molar-refractivity contribution is 8.00. The van der Waals surface area contributed by atoms with Crippen molar-refractivity contribution >= 4 is 28.7 Å². The number of nitrogens with zero attached hydrogens (tertiary/aromatic N) is 3. The van der Waals surface area contributed by atoms with Gasteiger partial charge in [-0.15, -0.1) is 0 Å². The molecule has 0 amide bonds. The van der Waals surface area contributed by atoms with Gasteiger partial charge in [0.1, 0.15) is 27.5 Å². The molecule has 9 nitrogen and oxygen atoms in total. The van der Waals surface area contributed by atoms with Gasteiger partial charge in [-0.25, -0.2) is 0 Å². The monoisotopic (exact) mass is 453 g/mol. The van der Waals surface area contributed by atoms with Crippen molar-refractivity contribution in [1.29, 1.82) is 0 Å². The van der Waals surface area contributed by atoms with Gasteiger partial charge in [-0.2, -0.15) is 5.10 Å². The quantitative estimate of drug-likeness (QED) is 0.386. The lowest BCUT2D eigenvalue weighted by atomic mass is 10.1. The molecule has 0 spiro atoms. The van der Waals surface area contributed by atoms with E-state index in [0.29, 0.717) is 35.2 Å². The van der Waals surface area contributed by atoms with Crippen LogP contribution >= 0.6 is 11.9 Å². The molecule has 1 aliphatic heterocycles. The Morgan fingerprint density at radius 3 is 2.59 bits per heavy atom. The first-order valence-corrected chi connectivity index (χ1v) is 10.9. The summed E-state index contributed by atoms with van der Waals surface area (Å²) < 4.78 is 27.4. The average Bonchev–Trinajstić information content (AvgIpc) is 3.52. The molecule has 2 aromatic carbocycles. The van der Waals surface area contributed by atoms with Gasteiger partial charge in [-0.3, -0.25) is 4.68 Å². The molecule has 0 radical (unpaired) electrons. The highest BCUT2D eigenvalue weighted by Crippen LogP contribution is 2.40. The maximum atomic E-state index is 5.67. The molecular weight excluding hydrogens is 430 g/mol. The minimum absolute atomic E-state index is 0.561. The lowest BCUT2D eigenvalue weighted by Crippen LogP contribution is -2.07. The molecule has 0 fully saturated rings. The molecule has 0 saturated heterocycles. The van der Waals surface area contributed by atoms with Crippen LogP contribution < -0.4 is 24.2 Å². The Morgan fingerprint density at radius 1 is 1.09 bits per heavy atom. The van der Waals surface area contributed by atoms with Crippen LogP contribution in [0.15, 0.2) is 45.9 Å². The van der Waals surface area contributed by atoms with E-state index in [2.05, 4.69) is 26.5 Å². The van der Waals surface area contributed by atoms with E-state index in [1.807, 2.05) is 35.0 Å². The summed E-state index contributed by atoms with van der Waals surface area (Å²) in [7, 11) is 4.89. The summed E-state index contributed by atoms with van der Waals surface area (Å²) in [4.78, 5) is 0.811. The molecule has 32 heavy (non-hydrogen) atoms. The number of methoxy groups -OCH3 is 3. The second-order valence-corrected chi connectivity index (χ2v) is 8.12. The minimum atomic E-state index is 0.561. The van der Waals surface area contributed by atoms with Crippen molar-refractivity contribution in [3.8, 4) is 17.2 Å². The summed E-state index contributed by atoms with van der Waals surface area (Å²) in [5, 5.41) is 12.9. The van der Waals surface area contributed by atoms with Crippen LogP contribution in [0.1, 0.15) is 16.8 Å². The zero-order chi connectivity index (χ0) is 22.1. The number of rotatable bonds is 8. The summed E-state index contributed by atoms with van der Waals surface area (Å²) >= 11 is 1.34. The molecular formula is C22H23N5O4S. The van der Waals surface area contributed by atoms with Gasteiger partial charge >= 0.3 is 0 Å². The van der Waals surface area contributed by atoms with Gasteiger partial charge in [0.25, 0.3) is 0 Å². The Bertz CT molecular complexity index is 1230. The highest BCUT2D eigenvalue weighted by Gasteiger charge is 2.19. The number of aromatic nitrogens is 3. The zero-order valence-electron chi connectivity index (χ0n) is 18.0. The Balaban J connectivity index is 1.42. The molecule has 2 aromatic heterocycles. The molecule has 0 atom stereocenters. The average molecular weight is 454 g/mol. The standard InChI is InChI=1S/C22H23N5O4S/c1-28-16-5-4-6-17(29-2)21(16)32-26-22-20-18(30-3)7-13(8-19(20)31-25-22)11-27-12-14-9-23-10-15(14)24-27/h4-8,12,23H,9-11H2,1-3H3,(H,25,26). The second kappa shape index (κ2) is 8.64.